The molecule has 6 nitrogen and oxygen atoms in total. The van der Waals surface area contributed by atoms with Gasteiger partial charge in [0.25, 0.3) is 9.05 Å². The summed E-state index contributed by atoms with van der Waals surface area (Å²) in [7, 11) is 1.33. The van der Waals surface area contributed by atoms with Crippen LogP contribution >= 0.6 is 10.7 Å². The van der Waals surface area contributed by atoms with Crippen molar-refractivity contribution in [2.45, 2.75) is 44.8 Å². The molecule has 102 valence electrons. The van der Waals surface area contributed by atoms with E-state index in [4.69, 9.17) is 10.7 Å². The van der Waals surface area contributed by atoms with Crippen LogP contribution < -0.4 is 5.32 Å². The van der Waals surface area contributed by atoms with E-state index < -0.39 is 15.1 Å². The van der Waals surface area contributed by atoms with Crippen molar-refractivity contribution in [1.29, 1.82) is 0 Å². The monoisotopic (exact) mass is 293 g/mol. The lowest BCUT2D eigenvalue weighted by Gasteiger charge is -2.16. The summed E-state index contributed by atoms with van der Waals surface area (Å²) in [6, 6.07) is -0.535. The van der Waals surface area contributed by atoms with Crippen molar-refractivity contribution < 1.29 is 13.2 Å². The highest BCUT2D eigenvalue weighted by atomic mass is 35.7. The summed E-state index contributed by atoms with van der Waals surface area (Å²) < 4.78 is 23.8. The number of nitrogens with one attached hydrogen (secondary N) is 1. The highest BCUT2D eigenvalue weighted by molar-refractivity contribution is 8.13. The molecule has 0 fully saturated rings. The fraction of sp³-hybridized carbons (Fsp3) is 0.600. The van der Waals surface area contributed by atoms with Crippen molar-refractivity contribution in [2.75, 3.05) is 0 Å². The first-order valence-corrected chi connectivity index (χ1v) is 7.74. The van der Waals surface area contributed by atoms with Gasteiger partial charge in [0.1, 0.15) is 11.9 Å². The fourth-order valence-electron chi connectivity index (χ4n) is 1.50. The number of imidazole rings is 1. The molecule has 1 unspecified atom stereocenters. The molecule has 18 heavy (non-hydrogen) atoms. The number of amides is 1. The molecule has 1 rings (SSSR count). The van der Waals surface area contributed by atoms with Gasteiger partial charge in [0.05, 0.1) is 0 Å². The topological polar surface area (TPSA) is 81.1 Å². The molecular formula is C10H16ClN3O3S. The minimum absolute atomic E-state index is 0.0139. The van der Waals surface area contributed by atoms with Crippen LogP contribution in [0.4, 0.5) is 0 Å². The maximum absolute atomic E-state index is 11.8. The van der Waals surface area contributed by atoms with E-state index in [1.165, 1.54) is 10.8 Å². The smallest absolute Gasteiger partial charge is 0.280 e. The van der Waals surface area contributed by atoms with Gasteiger partial charge in [-0.1, -0.05) is 0 Å². The molecule has 0 bridgehead atoms. The first kappa shape index (κ1) is 15.0. The van der Waals surface area contributed by atoms with Gasteiger partial charge in [-0.05, 0) is 27.7 Å². The van der Waals surface area contributed by atoms with E-state index in [0.29, 0.717) is 5.82 Å². The fourth-order valence-corrected chi connectivity index (χ4v) is 2.20. The molecule has 1 aromatic heterocycles. The van der Waals surface area contributed by atoms with E-state index in [-0.39, 0.29) is 17.0 Å². The Kier molecular flexibility index (Phi) is 4.39. The second-order valence-electron chi connectivity index (χ2n) is 4.31. The predicted octanol–water partition coefficient (Wildman–Crippen LogP) is 1.20. The molecule has 0 aliphatic rings. The van der Waals surface area contributed by atoms with Crippen LogP contribution in [-0.4, -0.2) is 29.9 Å². The van der Waals surface area contributed by atoms with Crippen molar-refractivity contribution >= 4 is 25.6 Å². The second-order valence-corrected chi connectivity index (χ2v) is 6.82. The summed E-state index contributed by atoms with van der Waals surface area (Å²) in [5, 5.41) is 2.50. The van der Waals surface area contributed by atoms with Gasteiger partial charge in [-0.3, -0.25) is 4.79 Å². The average molecular weight is 294 g/mol. The minimum Gasteiger partial charge on any atom is -0.352 e. The molecule has 0 saturated carbocycles. The average Bonchev–Trinajstić information content (AvgIpc) is 2.57. The van der Waals surface area contributed by atoms with Crippen LogP contribution in [-0.2, 0) is 13.8 Å². The van der Waals surface area contributed by atoms with Crippen LogP contribution in [0, 0.1) is 6.92 Å². The molecular weight excluding hydrogens is 278 g/mol. The van der Waals surface area contributed by atoms with Crippen LogP contribution in [0.3, 0.4) is 0 Å². The van der Waals surface area contributed by atoms with Crippen molar-refractivity contribution in [3.8, 4) is 0 Å². The third-order valence-corrected chi connectivity index (χ3v) is 3.54. The number of hydrogen-bond donors (Lipinski definition) is 1. The van der Waals surface area contributed by atoms with Gasteiger partial charge in [-0.15, -0.1) is 0 Å². The van der Waals surface area contributed by atoms with Gasteiger partial charge >= 0.3 is 0 Å². The van der Waals surface area contributed by atoms with E-state index in [1.807, 2.05) is 13.8 Å². The zero-order valence-corrected chi connectivity index (χ0v) is 12.2. The number of carbonyl (C=O) groups is 1. The first-order valence-electron chi connectivity index (χ1n) is 5.43. The standard InChI is InChI=1S/C10H16ClN3O3S/c1-6(2)12-10(15)7(3)14-5-9(13-8(14)4)18(11,16)17/h5-7H,1-4H3,(H,12,15). The lowest BCUT2D eigenvalue weighted by atomic mass is 10.2. The zero-order valence-electron chi connectivity index (χ0n) is 10.6. The van der Waals surface area contributed by atoms with E-state index in [1.54, 1.807) is 13.8 Å². The van der Waals surface area contributed by atoms with Crippen molar-refractivity contribution in [3.63, 3.8) is 0 Å². The molecule has 0 saturated heterocycles. The number of aryl methyl sites for hydroxylation is 1. The Morgan fingerprint density at radius 2 is 2.00 bits per heavy atom. The Morgan fingerprint density at radius 3 is 2.39 bits per heavy atom. The first-order chi connectivity index (χ1) is 8.12. The van der Waals surface area contributed by atoms with Gasteiger partial charge < -0.3 is 9.88 Å². The molecule has 0 radical (unpaired) electrons. The van der Waals surface area contributed by atoms with E-state index in [9.17, 15) is 13.2 Å². The van der Waals surface area contributed by atoms with Gasteiger partial charge in [-0.25, -0.2) is 13.4 Å². The molecule has 0 spiro atoms. The molecule has 0 aliphatic heterocycles. The van der Waals surface area contributed by atoms with Gasteiger partial charge in [0.2, 0.25) is 5.91 Å². The van der Waals surface area contributed by atoms with Crippen LogP contribution in [0.15, 0.2) is 11.2 Å². The highest BCUT2D eigenvalue weighted by Gasteiger charge is 2.22. The van der Waals surface area contributed by atoms with Gasteiger partial charge in [0.15, 0.2) is 5.03 Å². The van der Waals surface area contributed by atoms with Gasteiger partial charge in [0, 0.05) is 22.9 Å². The minimum atomic E-state index is -3.88. The number of rotatable bonds is 4. The third kappa shape index (κ3) is 3.46. The Hall–Kier alpha value is -1.08. The molecule has 1 atom stereocenters. The third-order valence-electron chi connectivity index (χ3n) is 2.37. The number of aromatic nitrogens is 2. The Morgan fingerprint density at radius 1 is 1.44 bits per heavy atom. The summed E-state index contributed by atoms with van der Waals surface area (Å²) in [6.45, 7) is 6.97. The maximum atomic E-state index is 11.8. The summed E-state index contributed by atoms with van der Waals surface area (Å²) in [6.07, 6.45) is 1.27. The normalized spacial score (nSPS) is 13.7. The van der Waals surface area contributed by atoms with Crippen LogP contribution in [0.1, 0.15) is 32.6 Å². The van der Waals surface area contributed by atoms with Gasteiger partial charge in [-0.2, -0.15) is 0 Å². The van der Waals surface area contributed by atoms with Crippen LogP contribution in [0.2, 0.25) is 0 Å². The molecule has 1 N–H and O–H groups in total. The lowest BCUT2D eigenvalue weighted by Crippen LogP contribution is -2.35. The number of halogens is 1. The van der Waals surface area contributed by atoms with Crippen molar-refractivity contribution in [3.05, 3.63) is 12.0 Å². The Balaban J connectivity index is 3.04. The van der Waals surface area contributed by atoms with Crippen LogP contribution in [0.5, 0.6) is 0 Å². The maximum Gasteiger partial charge on any atom is 0.280 e. The highest BCUT2D eigenvalue weighted by Crippen LogP contribution is 2.18. The molecule has 8 heteroatoms. The summed E-state index contributed by atoms with van der Waals surface area (Å²) in [5.41, 5.74) is 0. The summed E-state index contributed by atoms with van der Waals surface area (Å²) >= 11 is 0. The van der Waals surface area contributed by atoms with Crippen molar-refractivity contribution in [2.24, 2.45) is 0 Å². The number of carbonyl (C=O) groups excluding carboxylic acids is 1. The Labute approximate surface area is 111 Å². The molecule has 1 aromatic rings. The Bertz CT molecular complexity index is 551. The zero-order chi connectivity index (χ0) is 14.1. The molecule has 1 amide bonds. The number of nitrogens with zero attached hydrogens (tertiary/aromatic N) is 2. The van der Waals surface area contributed by atoms with E-state index in [0.717, 1.165) is 0 Å². The van der Waals surface area contributed by atoms with E-state index >= 15 is 0 Å². The van der Waals surface area contributed by atoms with Crippen molar-refractivity contribution in [1.82, 2.24) is 14.9 Å². The lowest BCUT2D eigenvalue weighted by molar-refractivity contribution is -0.124. The SMILES string of the molecule is Cc1nc(S(=O)(=O)Cl)cn1C(C)C(=O)NC(C)C. The second kappa shape index (κ2) is 5.27. The van der Waals surface area contributed by atoms with E-state index in [2.05, 4.69) is 10.3 Å². The molecule has 0 aliphatic carbocycles. The largest absolute Gasteiger partial charge is 0.352 e. The summed E-state index contributed by atoms with van der Waals surface area (Å²) in [4.78, 5) is 15.7. The summed E-state index contributed by atoms with van der Waals surface area (Å²) in [5.74, 6) is 0.213. The predicted molar refractivity (Wildman–Crippen MR) is 68.0 cm³/mol. The number of hydrogen-bond acceptors (Lipinski definition) is 4. The van der Waals surface area contributed by atoms with Crippen LogP contribution in [0.25, 0.3) is 0 Å². The quantitative estimate of drug-likeness (QED) is 0.846. The molecule has 1 heterocycles. The molecule has 0 aromatic carbocycles.